The van der Waals surface area contributed by atoms with Gasteiger partial charge in [0, 0.05) is 9.50 Å². The van der Waals surface area contributed by atoms with Crippen LogP contribution in [0.3, 0.4) is 0 Å². The molecular weight excluding hydrogens is 376 g/mol. The maximum absolute atomic E-state index is 12.1. The minimum atomic E-state index is -0.389. The van der Waals surface area contributed by atoms with Crippen molar-refractivity contribution >= 4 is 62.5 Å². The van der Waals surface area contributed by atoms with Gasteiger partial charge >= 0.3 is 0 Å². The monoisotopic (exact) mass is 379 g/mol. The number of anilines is 1. The largest absolute Gasteiger partial charge is 0.305 e. The number of rotatable bonds is 2. The lowest BCUT2D eigenvalue weighted by Gasteiger charge is -2.08. The molecule has 1 aromatic heterocycles. The zero-order chi connectivity index (χ0) is 14.0. The van der Waals surface area contributed by atoms with Crippen LogP contribution in [0.1, 0.15) is 10.4 Å². The van der Waals surface area contributed by atoms with Crippen LogP contribution in [-0.2, 0) is 0 Å². The van der Waals surface area contributed by atoms with Crippen molar-refractivity contribution in [2.24, 2.45) is 0 Å². The number of nitrogens with one attached hydrogen (secondary N) is 1. The maximum atomic E-state index is 12.1. The molecule has 4 nitrogen and oxygen atoms in total. The van der Waals surface area contributed by atoms with E-state index in [9.17, 15) is 4.79 Å². The summed E-state index contributed by atoms with van der Waals surface area (Å²) in [6.45, 7) is 0. The van der Waals surface area contributed by atoms with Gasteiger partial charge in [0.05, 0.1) is 5.56 Å². The van der Waals surface area contributed by atoms with E-state index < -0.39 is 0 Å². The highest BCUT2D eigenvalue weighted by molar-refractivity contribution is 9.10. The summed E-state index contributed by atoms with van der Waals surface area (Å²) >= 11 is 20.7. The fraction of sp³-hybridized carbons (Fsp3) is 0. The van der Waals surface area contributed by atoms with Crippen molar-refractivity contribution < 1.29 is 4.79 Å². The van der Waals surface area contributed by atoms with Gasteiger partial charge in [-0.3, -0.25) is 4.79 Å². The number of hydrogen-bond acceptors (Lipinski definition) is 3. The molecule has 0 radical (unpaired) electrons. The third kappa shape index (κ3) is 3.36. The Balaban J connectivity index is 2.28. The van der Waals surface area contributed by atoms with Gasteiger partial charge in [-0.25, -0.2) is 9.97 Å². The van der Waals surface area contributed by atoms with Gasteiger partial charge in [-0.05, 0) is 34.1 Å². The van der Waals surface area contributed by atoms with E-state index in [0.717, 1.165) is 0 Å². The first-order valence-electron chi connectivity index (χ1n) is 4.91. The summed E-state index contributed by atoms with van der Waals surface area (Å²) in [7, 11) is 0. The number of carbonyl (C=O) groups excluding carboxylic acids is 1. The Morgan fingerprint density at radius 1 is 1.21 bits per heavy atom. The van der Waals surface area contributed by atoms with E-state index in [2.05, 4.69) is 31.2 Å². The third-order valence-electron chi connectivity index (χ3n) is 2.15. The fourth-order valence-electron chi connectivity index (χ4n) is 1.28. The van der Waals surface area contributed by atoms with Gasteiger partial charge in [-0.15, -0.1) is 0 Å². The summed E-state index contributed by atoms with van der Waals surface area (Å²) in [6, 6.07) is 4.80. The summed E-state index contributed by atoms with van der Waals surface area (Å²) in [5, 5.41) is 3.23. The lowest BCUT2D eigenvalue weighted by atomic mass is 10.2. The van der Waals surface area contributed by atoms with Crippen LogP contribution in [0.5, 0.6) is 0 Å². The average Bonchev–Trinajstić information content (AvgIpc) is 2.34. The number of aromatic nitrogens is 2. The lowest BCUT2D eigenvalue weighted by Crippen LogP contribution is -2.14. The van der Waals surface area contributed by atoms with E-state index >= 15 is 0 Å². The molecule has 1 aromatic carbocycles. The topological polar surface area (TPSA) is 54.9 Å². The molecule has 1 amide bonds. The van der Waals surface area contributed by atoms with E-state index in [1.54, 1.807) is 18.2 Å². The summed E-state index contributed by atoms with van der Waals surface area (Å²) in [6.07, 6.45) is 1.21. The molecule has 1 heterocycles. The van der Waals surface area contributed by atoms with Gasteiger partial charge in [-0.1, -0.05) is 34.8 Å². The first-order chi connectivity index (χ1) is 8.99. The predicted octanol–water partition coefficient (Wildman–Crippen LogP) is 4.45. The zero-order valence-corrected chi connectivity index (χ0v) is 13.0. The van der Waals surface area contributed by atoms with Gasteiger partial charge in [0.1, 0.15) is 11.3 Å². The number of nitrogens with zero attached hydrogens (tertiary/aromatic N) is 2. The van der Waals surface area contributed by atoms with E-state index in [4.69, 9.17) is 34.8 Å². The Kier molecular flexibility index (Phi) is 4.62. The summed E-state index contributed by atoms with van der Waals surface area (Å²) < 4.78 is 0.564. The van der Waals surface area contributed by atoms with Gasteiger partial charge in [0.15, 0.2) is 11.0 Å². The molecule has 0 spiro atoms. The van der Waals surface area contributed by atoms with Gasteiger partial charge in [0.2, 0.25) is 0 Å². The molecule has 2 rings (SSSR count). The average molecular weight is 381 g/mol. The van der Waals surface area contributed by atoms with Crippen molar-refractivity contribution in [3.05, 3.63) is 49.8 Å². The van der Waals surface area contributed by atoms with Crippen LogP contribution in [0.2, 0.25) is 15.2 Å². The van der Waals surface area contributed by atoms with Crippen LogP contribution in [0.4, 0.5) is 5.82 Å². The van der Waals surface area contributed by atoms with Crippen LogP contribution >= 0.6 is 50.7 Å². The Morgan fingerprint density at radius 2 is 1.95 bits per heavy atom. The fourth-order valence-corrected chi connectivity index (χ4v) is 2.42. The summed E-state index contributed by atoms with van der Waals surface area (Å²) in [4.78, 5) is 19.6. The summed E-state index contributed by atoms with van der Waals surface area (Å²) in [5.41, 5.74) is 0.398. The predicted molar refractivity (Wildman–Crippen MR) is 79.2 cm³/mol. The molecule has 8 heteroatoms. The van der Waals surface area contributed by atoms with Crippen molar-refractivity contribution in [3.8, 4) is 0 Å². The second-order valence-corrected chi connectivity index (χ2v) is 5.43. The van der Waals surface area contributed by atoms with Crippen molar-refractivity contribution in [3.63, 3.8) is 0 Å². The van der Waals surface area contributed by atoms with Crippen LogP contribution in [0, 0.1) is 0 Å². The minimum absolute atomic E-state index is 0.0714. The van der Waals surface area contributed by atoms with Gasteiger partial charge in [-0.2, -0.15) is 0 Å². The molecule has 1 N–H and O–H groups in total. The molecular formula is C11H5BrCl3N3O. The van der Waals surface area contributed by atoms with E-state index in [1.165, 1.54) is 6.33 Å². The summed E-state index contributed by atoms with van der Waals surface area (Å²) in [5.74, 6) is -0.242. The number of amides is 1. The quantitative estimate of drug-likeness (QED) is 0.782. The highest BCUT2D eigenvalue weighted by atomic mass is 79.9. The molecule has 0 aliphatic heterocycles. The molecule has 0 bridgehead atoms. The first-order valence-corrected chi connectivity index (χ1v) is 6.84. The SMILES string of the molecule is O=C(Nc1ncnc(Cl)c1Cl)c1ccc(Cl)cc1Br. The van der Waals surface area contributed by atoms with Crippen LogP contribution in [0.15, 0.2) is 29.0 Å². The third-order valence-corrected chi connectivity index (χ3v) is 3.79. The van der Waals surface area contributed by atoms with Crippen molar-refractivity contribution in [2.75, 3.05) is 5.32 Å². The molecule has 0 saturated carbocycles. The molecule has 0 saturated heterocycles. The van der Waals surface area contributed by atoms with Crippen molar-refractivity contribution in [2.45, 2.75) is 0 Å². The highest BCUT2D eigenvalue weighted by Gasteiger charge is 2.14. The maximum Gasteiger partial charge on any atom is 0.258 e. The number of halogens is 4. The smallest absolute Gasteiger partial charge is 0.258 e. The Labute approximate surface area is 132 Å². The highest BCUT2D eigenvalue weighted by Crippen LogP contribution is 2.27. The van der Waals surface area contributed by atoms with Crippen molar-refractivity contribution in [1.29, 1.82) is 0 Å². The molecule has 98 valence electrons. The number of carbonyl (C=O) groups is 1. The number of benzene rings is 1. The molecule has 0 fully saturated rings. The second-order valence-electron chi connectivity index (χ2n) is 3.41. The second kappa shape index (κ2) is 6.05. The van der Waals surface area contributed by atoms with Gasteiger partial charge in [0.25, 0.3) is 5.91 Å². The first kappa shape index (κ1) is 14.5. The van der Waals surface area contributed by atoms with E-state index in [1.807, 2.05) is 0 Å². The number of hydrogen-bond donors (Lipinski definition) is 1. The molecule has 19 heavy (non-hydrogen) atoms. The molecule has 0 unspecified atom stereocenters. The van der Waals surface area contributed by atoms with Crippen LogP contribution in [0.25, 0.3) is 0 Å². The van der Waals surface area contributed by atoms with Crippen LogP contribution < -0.4 is 5.32 Å². The van der Waals surface area contributed by atoms with Gasteiger partial charge < -0.3 is 5.32 Å². The molecule has 0 aliphatic rings. The van der Waals surface area contributed by atoms with Crippen molar-refractivity contribution in [1.82, 2.24) is 9.97 Å². The normalized spacial score (nSPS) is 10.3. The lowest BCUT2D eigenvalue weighted by molar-refractivity contribution is 0.102. The zero-order valence-electron chi connectivity index (χ0n) is 9.12. The minimum Gasteiger partial charge on any atom is -0.305 e. The molecule has 0 aliphatic carbocycles. The van der Waals surface area contributed by atoms with E-state index in [-0.39, 0.29) is 21.9 Å². The standard InChI is InChI=1S/C11H5BrCl3N3O/c12-7-3-5(13)1-2-6(7)11(19)18-10-8(14)9(15)16-4-17-10/h1-4H,(H,16,17,18,19). The Bertz CT molecular complexity index is 651. The Morgan fingerprint density at radius 3 is 2.63 bits per heavy atom. The van der Waals surface area contributed by atoms with E-state index in [0.29, 0.717) is 15.1 Å². The Hall–Kier alpha value is -0.880. The molecule has 2 aromatic rings. The van der Waals surface area contributed by atoms with Crippen LogP contribution in [-0.4, -0.2) is 15.9 Å². The molecule has 0 atom stereocenters.